The molecule has 4 nitrogen and oxygen atoms in total. The number of rotatable bonds is 7. The molecule has 0 aliphatic carbocycles. The van der Waals surface area contributed by atoms with Gasteiger partial charge in [0, 0.05) is 28.3 Å². The van der Waals surface area contributed by atoms with Gasteiger partial charge in [-0.25, -0.2) is 0 Å². The van der Waals surface area contributed by atoms with E-state index in [1.807, 2.05) is 13.8 Å². The van der Waals surface area contributed by atoms with Crippen LogP contribution in [-0.2, 0) is 40.8 Å². The number of hydrogen-bond acceptors (Lipinski definition) is 4. The Labute approximate surface area is 106 Å². The minimum atomic E-state index is -0.481. The van der Waals surface area contributed by atoms with E-state index in [9.17, 15) is 9.59 Å². The van der Waals surface area contributed by atoms with Crippen molar-refractivity contribution in [1.29, 1.82) is 0 Å². The molecule has 0 aromatic rings. The maximum atomic E-state index is 11.1. The molecule has 0 N–H and O–H groups in total. The molecule has 0 radical (unpaired) electrons. The minimum absolute atomic E-state index is 0. The van der Waals surface area contributed by atoms with Crippen LogP contribution in [0.15, 0.2) is 0 Å². The molecule has 0 heterocycles. The molecule has 0 amide bonds. The Morgan fingerprint density at radius 1 is 1.27 bits per heavy atom. The van der Waals surface area contributed by atoms with Crippen molar-refractivity contribution in [2.24, 2.45) is 5.92 Å². The van der Waals surface area contributed by atoms with Crippen LogP contribution < -0.4 is 0 Å². The van der Waals surface area contributed by atoms with Gasteiger partial charge in [-0.1, -0.05) is 13.8 Å². The first-order valence-corrected chi connectivity index (χ1v) is 4.81. The molecule has 0 saturated carbocycles. The van der Waals surface area contributed by atoms with E-state index >= 15 is 0 Å². The third-order valence-corrected chi connectivity index (χ3v) is 1.36. The topological polar surface area (TPSA) is 52.6 Å². The van der Waals surface area contributed by atoms with E-state index in [-0.39, 0.29) is 40.5 Å². The summed E-state index contributed by atoms with van der Waals surface area (Å²) in [5.41, 5.74) is 0. The quantitative estimate of drug-likeness (QED) is 0.387. The van der Waals surface area contributed by atoms with Crippen molar-refractivity contribution in [3.63, 3.8) is 0 Å². The van der Waals surface area contributed by atoms with E-state index < -0.39 is 5.97 Å². The Balaban J connectivity index is 0. The molecule has 0 fully saturated rings. The number of hydrogen-bond donors (Lipinski definition) is 0. The summed E-state index contributed by atoms with van der Waals surface area (Å²) in [5.74, 6) is -0.319. The molecule has 0 aliphatic rings. The molecule has 0 aromatic heterocycles. The van der Waals surface area contributed by atoms with Crippen LogP contribution in [0, 0.1) is 5.92 Å². The number of carbonyl (C=O) groups excluding carboxylic acids is 2. The Bertz CT molecular complexity index is 192. The van der Waals surface area contributed by atoms with Crippen LogP contribution >= 0.6 is 0 Å². The summed E-state index contributed by atoms with van der Waals surface area (Å²) in [5, 5.41) is 0. The second-order valence-corrected chi connectivity index (χ2v) is 3.43. The molecule has 0 aliphatic heterocycles. The average Bonchev–Trinajstić information content (AvgIpc) is 2.03. The van der Waals surface area contributed by atoms with Gasteiger partial charge in [-0.15, -0.1) is 0 Å². The normalized spacial score (nSPS) is 9.60. The second-order valence-electron chi connectivity index (χ2n) is 3.43. The van der Waals surface area contributed by atoms with Crippen LogP contribution in [-0.4, -0.2) is 31.6 Å². The summed E-state index contributed by atoms with van der Waals surface area (Å²) in [6, 6.07) is 0. The van der Waals surface area contributed by atoms with E-state index in [0.29, 0.717) is 19.1 Å². The second kappa shape index (κ2) is 10.3. The van der Waals surface area contributed by atoms with Crippen molar-refractivity contribution in [2.75, 3.05) is 19.8 Å². The number of ether oxygens (including phenoxy) is 2. The standard InChI is InChI=1S/C10H18O4.Ti/c1-4-14-10(12)5-9(11)7-13-6-8(2)3;/h8H,4-7H2,1-3H3;. The first kappa shape index (κ1) is 17.2. The van der Waals surface area contributed by atoms with Crippen LogP contribution in [0.4, 0.5) is 0 Å². The largest absolute Gasteiger partial charge is 0.466 e. The van der Waals surface area contributed by atoms with Crippen molar-refractivity contribution in [2.45, 2.75) is 27.2 Å². The van der Waals surface area contributed by atoms with Crippen molar-refractivity contribution in [3.8, 4) is 0 Å². The summed E-state index contributed by atoms with van der Waals surface area (Å²) in [4.78, 5) is 21.9. The summed E-state index contributed by atoms with van der Waals surface area (Å²) >= 11 is 0. The molecule has 0 unspecified atom stereocenters. The molecule has 0 bridgehead atoms. The van der Waals surface area contributed by atoms with Gasteiger partial charge in [-0.3, -0.25) is 9.59 Å². The molecule has 15 heavy (non-hydrogen) atoms. The fourth-order valence-corrected chi connectivity index (χ4v) is 0.833. The zero-order chi connectivity index (χ0) is 11.0. The van der Waals surface area contributed by atoms with E-state index in [2.05, 4.69) is 4.74 Å². The molecule has 0 spiro atoms. The van der Waals surface area contributed by atoms with Gasteiger partial charge >= 0.3 is 5.97 Å². The average molecular weight is 250 g/mol. The predicted octanol–water partition coefficient (Wildman–Crippen LogP) is 1.18. The Hall–Kier alpha value is -0.186. The fourth-order valence-electron chi connectivity index (χ4n) is 0.833. The van der Waals surface area contributed by atoms with E-state index in [1.54, 1.807) is 6.92 Å². The van der Waals surface area contributed by atoms with Crippen LogP contribution in [0.1, 0.15) is 27.2 Å². The van der Waals surface area contributed by atoms with Gasteiger partial charge in [0.15, 0.2) is 5.78 Å². The maximum absolute atomic E-state index is 11.1. The van der Waals surface area contributed by atoms with Gasteiger partial charge in [-0.2, -0.15) is 0 Å². The third-order valence-electron chi connectivity index (χ3n) is 1.36. The van der Waals surface area contributed by atoms with E-state index in [0.717, 1.165) is 0 Å². The number of ketones is 1. The maximum Gasteiger partial charge on any atom is 0.313 e. The predicted molar refractivity (Wildman–Crippen MR) is 51.9 cm³/mol. The third kappa shape index (κ3) is 11.7. The molecule has 0 rings (SSSR count). The number of carbonyl (C=O) groups is 2. The molecular weight excluding hydrogens is 232 g/mol. The van der Waals surface area contributed by atoms with E-state index in [4.69, 9.17) is 4.74 Å². The summed E-state index contributed by atoms with van der Waals surface area (Å²) in [7, 11) is 0. The van der Waals surface area contributed by atoms with Crippen LogP contribution in [0.3, 0.4) is 0 Å². The molecule has 0 aromatic carbocycles. The summed E-state index contributed by atoms with van der Waals surface area (Å²) < 4.78 is 9.70. The molecule has 86 valence electrons. The molecular formula is C10H18O4Ti. The monoisotopic (exact) mass is 250 g/mol. The SMILES string of the molecule is CCOC(=O)CC(=O)COCC(C)C.[Ti]. The van der Waals surface area contributed by atoms with Crippen LogP contribution in [0.2, 0.25) is 0 Å². The Kier molecular flexibility index (Phi) is 11.9. The van der Waals surface area contributed by atoms with Gasteiger partial charge in [0.1, 0.15) is 13.0 Å². The van der Waals surface area contributed by atoms with Crippen molar-refractivity contribution in [1.82, 2.24) is 0 Å². The van der Waals surface area contributed by atoms with Gasteiger partial charge in [0.2, 0.25) is 0 Å². The van der Waals surface area contributed by atoms with Gasteiger partial charge in [0.25, 0.3) is 0 Å². The van der Waals surface area contributed by atoms with E-state index in [1.165, 1.54) is 0 Å². The van der Waals surface area contributed by atoms with Gasteiger partial charge < -0.3 is 9.47 Å². The van der Waals surface area contributed by atoms with Gasteiger partial charge in [-0.05, 0) is 12.8 Å². The first-order valence-electron chi connectivity index (χ1n) is 4.81. The first-order chi connectivity index (χ1) is 6.56. The number of Topliss-reactive ketones (excluding diaryl/α,β-unsaturated/α-hetero) is 1. The van der Waals surface area contributed by atoms with Gasteiger partial charge in [0.05, 0.1) is 6.61 Å². The van der Waals surface area contributed by atoms with Crippen molar-refractivity contribution < 1.29 is 40.8 Å². The Morgan fingerprint density at radius 2 is 1.87 bits per heavy atom. The van der Waals surface area contributed by atoms with Crippen LogP contribution in [0.25, 0.3) is 0 Å². The number of esters is 1. The zero-order valence-electron chi connectivity index (χ0n) is 9.54. The van der Waals surface area contributed by atoms with Crippen molar-refractivity contribution in [3.05, 3.63) is 0 Å². The summed E-state index contributed by atoms with van der Waals surface area (Å²) in [6.45, 7) is 6.54. The fraction of sp³-hybridized carbons (Fsp3) is 0.800. The zero-order valence-corrected chi connectivity index (χ0v) is 11.1. The summed E-state index contributed by atoms with van der Waals surface area (Å²) in [6.07, 6.45) is -0.189. The van der Waals surface area contributed by atoms with Crippen molar-refractivity contribution >= 4 is 11.8 Å². The minimum Gasteiger partial charge on any atom is -0.466 e. The van der Waals surface area contributed by atoms with Crippen LogP contribution in [0.5, 0.6) is 0 Å². The Morgan fingerprint density at radius 3 is 2.33 bits per heavy atom. The molecule has 0 atom stereocenters. The molecule has 0 saturated heterocycles. The smallest absolute Gasteiger partial charge is 0.313 e. The molecule has 5 heteroatoms.